The Balaban J connectivity index is 1.64. The molecule has 30 heavy (non-hydrogen) atoms. The summed E-state index contributed by atoms with van der Waals surface area (Å²) < 4.78 is 7.66. The van der Waals surface area contributed by atoms with Crippen LogP contribution >= 0.6 is 0 Å². The number of hydrogen-bond acceptors (Lipinski definition) is 5. The first kappa shape index (κ1) is 22.2. The minimum Gasteiger partial charge on any atom is -0.373 e. The van der Waals surface area contributed by atoms with Crippen LogP contribution in [0.2, 0.25) is 0 Å². The van der Waals surface area contributed by atoms with Crippen molar-refractivity contribution in [2.75, 3.05) is 33.7 Å². The second kappa shape index (κ2) is 10.00. The molecular formula is C23H32N4O3. The van der Waals surface area contributed by atoms with Crippen molar-refractivity contribution in [2.24, 2.45) is 0 Å². The third-order valence-corrected chi connectivity index (χ3v) is 5.58. The van der Waals surface area contributed by atoms with Gasteiger partial charge in [0.05, 0.1) is 12.7 Å². The number of likely N-dealkylation sites (N-methyl/N-ethyl adjacent to an activating group) is 1. The number of nitrogens with zero attached hydrogens (tertiary/aromatic N) is 4. The Morgan fingerprint density at radius 2 is 2.03 bits per heavy atom. The molecule has 0 aliphatic carbocycles. The van der Waals surface area contributed by atoms with Crippen LogP contribution in [0.15, 0.2) is 41.6 Å². The molecule has 3 rings (SSSR count). The molecule has 7 nitrogen and oxygen atoms in total. The Morgan fingerprint density at radius 1 is 1.30 bits per heavy atom. The Hall–Kier alpha value is -2.51. The van der Waals surface area contributed by atoms with Gasteiger partial charge in [0.1, 0.15) is 5.56 Å². The molecule has 1 saturated heterocycles. The number of rotatable bonds is 7. The van der Waals surface area contributed by atoms with Gasteiger partial charge in [-0.2, -0.15) is 0 Å². The number of carbonyl (C=O) groups is 1. The van der Waals surface area contributed by atoms with E-state index in [1.165, 1.54) is 0 Å². The second-order valence-electron chi connectivity index (χ2n) is 8.36. The molecule has 1 aliphatic heterocycles. The summed E-state index contributed by atoms with van der Waals surface area (Å²) in [4.78, 5) is 34.2. The third-order valence-electron chi connectivity index (χ3n) is 5.58. The highest BCUT2D eigenvalue weighted by molar-refractivity contribution is 5.95. The van der Waals surface area contributed by atoms with Gasteiger partial charge in [-0.05, 0) is 64.0 Å². The van der Waals surface area contributed by atoms with Crippen LogP contribution in [-0.2, 0) is 11.3 Å². The second-order valence-corrected chi connectivity index (χ2v) is 8.36. The van der Waals surface area contributed by atoms with Gasteiger partial charge < -0.3 is 19.1 Å². The lowest BCUT2D eigenvalue weighted by Gasteiger charge is -2.32. The van der Waals surface area contributed by atoms with Crippen molar-refractivity contribution >= 4 is 5.91 Å². The lowest BCUT2D eigenvalue weighted by Crippen LogP contribution is -2.44. The van der Waals surface area contributed by atoms with E-state index in [1.54, 1.807) is 28.1 Å². The summed E-state index contributed by atoms with van der Waals surface area (Å²) in [6, 6.07) is 5.75. The minimum atomic E-state index is -0.204. The number of aromatic nitrogens is 2. The molecule has 7 heteroatoms. The molecule has 1 amide bonds. The summed E-state index contributed by atoms with van der Waals surface area (Å²) in [7, 11) is 3.95. The normalized spacial score (nSPS) is 16.1. The number of amides is 1. The average molecular weight is 413 g/mol. The number of ether oxygens (including phenoxy) is 1. The van der Waals surface area contributed by atoms with Gasteiger partial charge in [0, 0.05) is 44.3 Å². The maximum atomic E-state index is 13.2. The van der Waals surface area contributed by atoms with E-state index >= 15 is 0 Å². The fraction of sp³-hybridized carbons (Fsp3) is 0.522. The molecule has 162 valence electrons. The van der Waals surface area contributed by atoms with E-state index in [1.807, 2.05) is 51.0 Å². The number of carbonyl (C=O) groups excluding carboxylic acids is 1. The molecule has 3 heterocycles. The summed E-state index contributed by atoms with van der Waals surface area (Å²) in [6.45, 7) is 6.28. The van der Waals surface area contributed by atoms with Gasteiger partial charge in [-0.25, -0.2) is 0 Å². The number of piperidine rings is 1. The van der Waals surface area contributed by atoms with Crippen LogP contribution in [0.5, 0.6) is 0 Å². The van der Waals surface area contributed by atoms with Crippen molar-refractivity contribution in [3.63, 3.8) is 0 Å². The summed E-state index contributed by atoms with van der Waals surface area (Å²) in [5.41, 5.74) is 1.86. The number of aryl methyl sites for hydroxylation is 1. The van der Waals surface area contributed by atoms with E-state index in [-0.39, 0.29) is 29.2 Å². The number of hydrogen-bond donors (Lipinski definition) is 0. The first-order valence-electron chi connectivity index (χ1n) is 10.5. The van der Waals surface area contributed by atoms with Gasteiger partial charge in [-0.3, -0.25) is 14.6 Å². The van der Waals surface area contributed by atoms with Crippen molar-refractivity contribution in [3.05, 3.63) is 63.8 Å². The van der Waals surface area contributed by atoms with E-state index < -0.39 is 0 Å². The molecule has 2 aromatic rings. The van der Waals surface area contributed by atoms with Crippen LogP contribution < -0.4 is 5.56 Å². The molecule has 1 aliphatic rings. The quantitative estimate of drug-likeness (QED) is 0.699. The molecule has 0 N–H and O–H groups in total. The average Bonchev–Trinajstić information content (AvgIpc) is 2.72. The number of likely N-dealkylation sites (tertiary alicyclic amines) is 1. The zero-order valence-electron chi connectivity index (χ0n) is 18.4. The highest BCUT2D eigenvalue weighted by Crippen LogP contribution is 2.18. The van der Waals surface area contributed by atoms with Gasteiger partial charge in [0.15, 0.2) is 0 Å². The highest BCUT2D eigenvalue weighted by atomic mass is 16.5. The third kappa shape index (κ3) is 5.34. The van der Waals surface area contributed by atoms with E-state index in [9.17, 15) is 9.59 Å². The van der Waals surface area contributed by atoms with E-state index in [2.05, 4.69) is 4.98 Å². The Bertz CT molecular complexity index is 902. The lowest BCUT2D eigenvalue weighted by molar-refractivity contribution is -0.000537. The van der Waals surface area contributed by atoms with Crippen molar-refractivity contribution in [1.82, 2.24) is 19.4 Å². The molecule has 0 aromatic carbocycles. The molecule has 0 saturated carbocycles. The highest BCUT2D eigenvalue weighted by Gasteiger charge is 2.27. The van der Waals surface area contributed by atoms with Crippen LogP contribution in [-0.4, -0.2) is 65.1 Å². The van der Waals surface area contributed by atoms with Crippen LogP contribution in [0.4, 0.5) is 0 Å². The smallest absolute Gasteiger partial charge is 0.263 e. The van der Waals surface area contributed by atoms with Crippen LogP contribution in [0.3, 0.4) is 0 Å². The van der Waals surface area contributed by atoms with Crippen LogP contribution in [0.1, 0.15) is 47.3 Å². The maximum absolute atomic E-state index is 13.2. The SMILES string of the molecule is Cc1ccn(C(C)CN(C)C)c(=O)c1C(=O)N1CCC(OCc2cccnc2)CC1. The Labute approximate surface area is 178 Å². The fourth-order valence-corrected chi connectivity index (χ4v) is 3.95. The standard InChI is InChI=1S/C23H32N4O3/c1-17-7-13-27(18(2)15-25(3)4)23(29)21(17)22(28)26-11-8-20(9-12-26)30-16-19-6-5-10-24-14-19/h5-7,10,13-14,18,20H,8-9,11-12,15-16H2,1-4H3. The topological polar surface area (TPSA) is 67.7 Å². The Morgan fingerprint density at radius 3 is 2.67 bits per heavy atom. The predicted molar refractivity (Wildman–Crippen MR) is 117 cm³/mol. The molecule has 0 spiro atoms. The molecule has 0 radical (unpaired) electrons. The molecule has 2 aromatic heterocycles. The van der Waals surface area contributed by atoms with Gasteiger partial charge in [0.25, 0.3) is 11.5 Å². The van der Waals surface area contributed by atoms with Gasteiger partial charge in [0.2, 0.25) is 0 Å². The molecular weight excluding hydrogens is 380 g/mol. The van der Waals surface area contributed by atoms with Crippen molar-refractivity contribution in [2.45, 2.75) is 45.4 Å². The van der Waals surface area contributed by atoms with Crippen molar-refractivity contribution in [3.8, 4) is 0 Å². The molecule has 1 atom stereocenters. The first-order valence-corrected chi connectivity index (χ1v) is 10.5. The molecule has 1 unspecified atom stereocenters. The fourth-order valence-electron chi connectivity index (χ4n) is 3.95. The van der Waals surface area contributed by atoms with Gasteiger partial charge in [-0.15, -0.1) is 0 Å². The van der Waals surface area contributed by atoms with E-state index in [4.69, 9.17) is 4.74 Å². The minimum absolute atomic E-state index is 0.00809. The molecule has 1 fully saturated rings. The van der Waals surface area contributed by atoms with Crippen LogP contribution in [0.25, 0.3) is 0 Å². The first-order chi connectivity index (χ1) is 14.4. The van der Waals surface area contributed by atoms with Gasteiger partial charge in [-0.1, -0.05) is 6.07 Å². The van der Waals surface area contributed by atoms with Crippen LogP contribution in [0, 0.1) is 6.92 Å². The molecule has 0 bridgehead atoms. The summed E-state index contributed by atoms with van der Waals surface area (Å²) in [5.74, 6) is -0.172. The zero-order chi connectivity index (χ0) is 21.7. The lowest BCUT2D eigenvalue weighted by atomic mass is 10.0. The summed E-state index contributed by atoms with van der Waals surface area (Å²) >= 11 is 0. The summed E-state index contributed by atoms with van der Waals surface area (Å²) in [6.07, 6.45) is 6.99. The van der Waals surface area contributed by atoms with E-state index in [0.717, 1.165) is 30.5 Å². The Kier molecular flexibility index (Phi) is 7.39. The largest absolute Gasteiger partial charge is 0.373 e. The van der Waals surface area contributed by atoms with Crippen molar-refractivity contribution < 1.29 is 9.53 Å². The summed E-state index contributed by atoms with van der Waals surface area (Å²) in [5, 5.41) is 0. The van der Waals surface area contributed by atoms with E-state index in [0.29, 0.717) is 19.7 Å². The zero-order valence-corrected chi connectivity index (χ0v) is 18.4. The van der Waals surface area contributed by atoms with Gasteiger partial charge >= 0.3 is 0 Å². The maximum Gasteiger partial charge on any atom is 0.263 e. The monoisotopic (exact) mass is 412 g/mol. The number of pyridine rings is 2. The predicted octanol–water partition coefficient (Wildman–Crippen LogP) is 2.50. The van der Waals surface area contributed by atoms with Crippen molar-refractivity contribution in [1.29, 1.82) is 0 Å².